The Bertz CT molecular complexity index is 990. The van der Waals surface area contributed by atoms with Crippen molar-refractivity contribution >= 4 is 22.6 Å². The second kappa shape index (κ2) is 7.30. The van der Waals surface area contributed by atoms with Crippen molar-refractivity contribution in [3.63, 3.8) is 0 Å². The zero-order valence-electron chi connectivity index (χ0n) is 13.8. The molecule has 0 fully saturated rings. The van der Waals surface area contributed by atoms with Gasteiger partial charge >= 0.3 is 0 Å². The molecule has 0 atom stereocenters. The van der Waals surface area contributed by atoms with Gasteiger partial charge in [-0.25, -0.2) is 4.98 Å². The highest BCUT2D eigenvalue weighted by atomic mass is 32.1. The van der Waals surface area contributed by atoms with Gasteiger partial charge in [0.05, 0.1) is 5.69 Å². The van der Waals surface area contributed by atoms with Crippen molar-refractivity contribution < 1.29 is 9.47 Å². The summed E-state index contributed by atoms with van der Waals surface area (Å²) in [6.45, 7) is 1.10. The minimum Gasteiger partial charge on any atom is -0.486 e. The summed E-state index contributed by atoms with van der Waals surface area (Å²) < 4.78 is 11.1. The summed E-state index contributed by atoms with van der Waals surface area (Å²) >= 11 is 1.45. The number of rotatable bonds is 4. The molecule has 0 unspecified atom stereocenters. The van der Waals surface area contributed by atoms with Gasteiger partial charge in [-0.3, -0.25) is 0 Å². The monoisotopic (exact) mass is 361 g/mol. The highest BCUT2D eigenvalue weighted by Crippen LogP contribution is 2.33. The van der Waals surface area contributed by atoms with Gasteiger partial charge in [0.15, 0.2) is 11.5 Å². The SMILES string of the molecule is N#C/C(=C\Nc1ccc2c(c1)OCCO2)c1nc(-c2ccccc2)cs1. The third kappa shape index (κ3) is 3.39. The fourth-order valence-corrected chi connectivity index (χ4v) is 3.36. The van der Waals surface area contributed by atoms with Crippen LogP contribution in [-0.2, 0) is 0 Å². The molecule has 4 rings (SSSR count). The molecule has 1 aromatic heterocycles. The Kier molecular flexibility index (Phi) is 4.54. The molecular formula is C20H15N3O2S. The fourth-order valence-electron chi connectivity index (χ4n) is 2.57. The molecule has 0 bridgehead atoms. The second-order valence-corrected chi connectivity index (χ2v) is 6.43. The van der Waals surface area contributed by atoms with Crippen LogP contribution in [0.3, 0.4) is 0 Å². The maximum Gasteiger partial charge on any atom is 0.163 e. The lowest BCUT2D eigenvalue weighted by Crippen LogP contribution is -2.15. The molecule has 0 amide bonds. The van der Waals surface area contributed by atoms with Crippen molar-refractivity contribution in [1.29, 1.82) is 5.26 Å². The molecule has 0 saturated carbocycles. The number of nitrogens with zero attached hydrogens (tertiary/aromatic N) is 2. The minimum atomic E-state index is 0.479. The van der Waals surface area contributed by atoms with Gasteiger partial charge < -0.3 is 14.8 Å². The van der Waals surface area contributed by atoms with Crippen molar-refractivity contribution in [2.45, 2.75) is 0 Å². The van der Waals surface area contributed by atoms with E-state index in [9.17, 15) is 5.26 Å². The van der Waals surface area contributed by atoms with Crippen LogP contribution >= 0.6 is 11.3 Å². The lowest BCUT2D eigenvalue weighted by Gasteiger charge is -2.18. The summed E-state index contributed by atoms with van der Waals surface area (Å²) in [7, 11) is 0. The zero-order chi connectivity index (χ0) is 17.8. The van der Waals surface area contributed by atoms with Gasteiger partial charge in [-0.1, -0.05) is 30.3 Å². The zero-order valence-corrected chi connectivity index (χ0v) is 14.6. The van der Waals surface area contributed by atoms with Gasteiger partial charge in [-0.2, -0.15) is 5.26 Å². The van der Waals surface area contributed by atoms with Gasteiger partial charge in [-0.15, -0.1) is 11.3 Å². The predicted octanol–water partition coefficient (Wildman–Crippen LogP) is 4.56. The van der Waals surface area contributed by atoms with Crippen LogP contribution in [0.15, 0.2) is 60.1 Å². The van der Waals surface area contributed by atoms with E-state index in [0.717, 1.165) is 22.7 Å². The Labute approximate surface area is 155 Å². The first-order chi connectivity index (χ1) is 12.8. The Balaban J connectivity index is 1.54. The Morgan fingerprint density at radius 3 is 2.73 bits per heavy atom. The van der Waals surface area contributed by atoms with Crippen molar-refractivity contribution in [3.05, 3.63) is 65.1 Å². The third-order valence-electron chi connectivity index (χ3n) is 3.85. The molecule has 2 heterocycles. The molecule has 3 aromatic rings. The van der Waals surface area contributed by atoms with Crippen LogP contribution in [0.2, 0.25) is 0 Å². The molecule has 0 spiro atoms. The van der Waals surface area contributed by atoms with Crippen LogP contribution in [-0.4, -0.2) is 18.2 Å². The highest BCUT2D eigenvalue weighted by molar-refractivity contribution is 7.11. The number of anilines is 1. The summed E-state index contributed by atoms with van der Waals surface area (Å²) in [4.78, 5) is 4.58. The van der Waals surface area contributed by atoms with Crippen molar-refractivity contribution in [3.8, 4) is 28.8 Å². The summed E-state index contributed by atoms with van der Waals surface area (Å²) in [6.07, 6.45) is 1.67. The number of allylic oxidation sites excluding steroid dienone is 1. The number of nitrogens with one attached hydrogen (secondary N) is 1. The number of aromatic nitrogens is 1. The maximum atomic E-state index is 9.49. The van der Waals surface area contributed by atoms with E-state index in [4.69, 9.17) is 9.47 Å². The average molecular weight is 361 g/mol. The summed E-state index contributed by atoms with van der Waals surface area (Å²) in [5.41, 5.74) is 3.20. The van der Waals surface area contributed by atoms with Gasteiger partial charge in [0.2, 0.25) is 0 Å². The standard InChI is InChI=1S/C20H15N3O2S/c21-11-15(20-23-17(13-26-20)14-4-2-1-3-5-14)12-22-16-6-7-18-19(10-16)25-9-8-24-18/h1-7,10,12-13,22H,8-9H2/b15-12+. The van der Waals surface area contributed by atoms with E-state index in [1.165, 1.54) is 11.3 Å². The van der Waals surface area contributed by atoms with E-state index in [-0.39, 0.29) is 0 Å². The molecule has 6 heteroatoms. The molecule has 0 aliphatic carbocycles. The number of fused-ring (bicyclic) bond motifs is 1. The molecule has 128 valence electrons. The van der Waals surface area contributed by atoms with Crippen molar-refractivity contribution in [2.24, 2.45) is 0 Å². The van der Waals surface area contributed by atoms with Crippen LogP contribution < -0.4 is 14.8 Å². The molecule has 2 aromatic carbocycles. The largest absolute Gasteiger partial charge is 0.486 e. The Morgan fingerprint density at radius 1 is 1.12 bits per heavy atom. The Hall–Kier alpha value is -3.30. The average Bonchev–Trinajstić information content (AvgIpc) is 3.19. The first-order valence-electron chi connectivity index (χ1n) is 8.11. The molecule has 1 aliphatic heterocycles. The highest BCUT2D eigenvalue weighted by Gasteiger charge is 2.12. The van der Waals surface area contributed by atoms with Crippen LogP contribution in [0.25, 0.3) is 16.8 Å². The first kappa shape index (κ1) is 16.2. The number of benzene rings is 2. The lowest BCUT2D eigenvalue weighted by atomic mass is 10.2. The minimum absolute atomic E-state index is 0.479. The number of nitriles is 1. The fraction of sp³-hybridized carbons (Fsp3) is 0.100. The van der Waals surface area contributed by atoms with Crippen LogP contribution in [0.5, 0.6) is 11.5 Å². The number of thiazole rings is 1. The van der Waals surface area contributed by atoms with Gasteiger partial charge in [0.1, 0.15) is 29.9 Å². The molecule has 1 N–H and O–H groups in total. The predicted molar refractivity (Wildman–Crippen MR) is 102 cm³/mol. The maximum absolute atomic E-state index is 9.49. The van der Waals surface area contributed by atoms with E-state index >= 15 is 0 Å². The molecule has 5 nitrogen and oxygen atoms in total. The van der Waals surface area contributed by atoms with E-state index in [1.54, 1.807) is 6.20 Å². The topological polar surface area (TPSA) is 67.2 Å². The smallest absolute Gasteiger partial charge is 0.163 e. The summed E-state index contributed by atoms with van der Waals surface area (Å²) in [5.74, 6) is 1.44. The number of ether oxygens (including phenoxy) is 2. The molecular weight excluding hydrogens is 346 g/mol. The molecule has 1 aliphatic rings. The van der Waals surface area contributed by atoms with Crippen LogP contribution in [0.1, 0.15) is 5.01 Å². The van der Waals surface area contributed by atoms with Gasteiger partial charge in [-0.05, 0) is 12.1 Å². The van der Waals surface area contributed by atoms with Crippen LogP contribution in [0, 0.1) is 11.3 Å². The third-order valence-corrected chi connectivity index (χ3v) is 4.73. The molecule has 0 saturated heterocycles. The Morgan fingerprint density at radius 2 is 1.92 bits per heavy atom. The van der Waals surface area contributed by atoms with E-state index < -0.39 is 0 Å². The van der Waals surface area contributed by atoms with Gasteiger partial charge in [0.25, 0.3) is 0 Å². The van der Waals surface area contributed by atoms with E-state index in [0.29, 0.717) is 29.5 Å². The summed E-state index contributed by atoms with van der Waals surface area (Å²) in [5, 5.41) is 15.3. The van der Waals surface area contributed by atoms with Crippen molar-refractivity contribution in [2.75, 3.05) is 18.5 Å². The number of hydrogen-bond donors (Lipinski definition) is 1. The molecule has 26 heavy (non-hydrogen) atoms. The lowest BCUT2D eigenvalue weighted by molar-refractivity contribution is 0.171. The van der Waals surface area contributed by atoms with E-state index in [1.807, 2.05) is 53.9 Å². The first-order valence-corrected chi connectivity index (χ1v) is 8.99. The van der Waals surface area contributed by atoms with Crippen molar-refractivity contribution in [1.82, 2.24) is 4.98 Å². The van der Waals surface area contributed by atoms with Gasteiger partial charge in [0, 0.05) is 28.9 Å². The summed E-state index contributed by atoms with van der Waals surface area (Å²) in [6, 6.07) is 17.7. The quantitative estimate of drug-likeness (QED) is 0.690. The molecule has 0 radical (unpaired) electrons. The second-order valence-electron chi connectivity index (χ2n) is 5.58. The van der Waals surface area contributed by atoms with Crippen LogP contribution in [0.4, 0.5) is 5.69 Å². The number of hydrogen-bond acceptors (Lipinski definition) is 6. The van der Waals surface area contributed by atoms with E-state index in [2.05, 4.69) is 16.4 Å². The normalized spacial score (nSPS) is 13.1.